The molecule has 0 aliphatic rings. The number of aryl methyl sites for hydroxylation is 1. The van der Waals surface area contributed by atoms with Gasteiger partial charge >= 0.3 is 0 Å². The number of rotatable bonds is 9. The largest absolute Gasteiger partial charge is 0.486 e. The summed E-state index contributed by atoms with van der Waals surface area (Å²) in [6, 6.07) is 17.5. The minimum Gasteiger partial charge on any atom is -0.486 e. The Kier molecular flexibility index (Phi) is 7.26. The van der Waals surface area contributed by atoms with Gasteiger partial charge in [-0.05, 0) is 48.2 Å². The lowest BCUT2D eigenvalue weighted by molar-refractivity contribution is -0.119. The average molecular weight is 484 g/mol. The van der Waals surface area contributed by atoms with Gasteiger partial charge in [0.2, 0.25) is 11.1 Å². The van der Waals surface area contributed by atoms with Crippen LogP contribution >= 0.6 is 23.1 Å². The van der Waals surface area contributed by atoms with E-state index in [1.807, 2.05) is 48.7 Å². The van der Waals surface area contributed by atoms with E-state index in [4.69, 9.17) is 10.6 Å². The van der Waals surface area contributed by atoms with Gasteiger partial charge in [0.25, 0.3) is 0 Å². The van der Waals surface area contributed by atoms with Gasteiger partial charge in [-0.2, -0.15) is 0 Å². The molecule has 4 rings (SSSR count). The molecule has 0 aliphatic carbocycles. The van der Waals surface area contributed by atoms with Gasteiger partial charge in [-0.1, -0.05) is 47.7 Å². The fourth-order valence-electron chi connectivity index (χ4n) is 3.05. The first-order chi connectivity index (χ1) is 16.0. The molecule has 0 saturated heterocycles. The lowest BCUT2D eigenvalue weighted by atomic mass is 10.0. The first-order valence-electron chi connectivity index (χ1n) is 10.1. The molecule has 1 amide bonds. The van der Waals surface area contributed by atoms with Crippen LogP contribution in [0.5, 0.6) is 5.75 Å². The highest BCUT2D eigenvalue weighted by molar-refractivity contribution is 7.99. The molecular formula is C23H22FN5O2S2. The molecule has 10 heteroatoms. The number of amides is 1. The van der Waals surface area contributed by atoms with Crippen molar-refractivity contribution in [1.29, 1.82) is 0 Å². The molecule has 0 fully saturated rings. The Morgan fingerprint density at radius 3 is 2.64 bits per heavy atom. The fourth-order valence-corrected chi connectivity index (χ4v) is 4.54. The van der Waals surface area contributed by atoms with E-state index < -0.39 is 0 Å². The van der Waals surface area contributed by atoms with Crippen LogP contribution in [-0.2, 0) is 11.4 Å². The Labute approximate surface area is 198 Å². The molecule has 2 heterocycles. The van der Waals surface area contributed by atoms with E-state index in [1.165, 1.54) is 40.7 Å². The second kappa shape index (κ2) is 10.5. The third kappa shape index (κ3) is 5.91. The number of nitrogens with two attached hydrogens (primary N) is 1. The first kappa shape index (κ1) is 22.8. The minimum atomic E-state index is -0.343. The number of nitrogen functional groups attached to an aromatic ring is 1. The van der Waals surface area contributed by atoms with Crippen LogP contribution < -0.4 is 15.9 Å². The number of thiophene rings is 1. The maximum atomic E-state index is 13.0. The van der Waals surface area contributed by atoms with E-state index in [0.717, 1.165) is 16.0 Å². The number of hydrogen-bond donors (Lipinski definition) is 2. The molecule has 0 unspecified atom stereocenters. The van der Waals surface area contributed by atoms with E-state index in [1.54, 1.807) is 11.3 Å². The molecule has 4 aromatic rings. The molecule has 7 nitrogen and oxygen atoms in total. The highest BCUT2D eigenvalue weighted by Crippen LogP contribution is 2.27. The van der Waals surface area contributed by atoms with Crippen molar-refractivity contribution in [3.05, 3.63) is 93.7 Å². The van der Waals surface area contributed by atoms with Crippen LogP contribution in [0.4, 0.5) is 4.39 Å². The molecular weight excluding hydrogens is 461 g/mol. The predicted molar refractivity (Wildman–Crippen MR) is 127 cm³/mol. The van der Waals surface area contributed by atoms with E-state index in [-0.39, 0.29) is 30.1 Å². The van der Waals surface area contributed by atoms with Crippen LogP contribution in [-0.4, -0.2) is 26.5 Å². The topological polar surface area (TPSA) is 95.1 Å². The lowest BCUT2D eigenvalue weighted by Crippen LogP contribution is -2.30. The van der Waals surface area contributed by atoms with Crippen molar-refractivity contribution in [1.82, 2.24) is 20.2 Å². The van der Waals surface area contributed by atoms with E-state index >= 15 is 0 Å². The molecule has 170 valence electrons. The van der Waals surface area contributed by atoms with Gasteiger partial charge in [-0.15, -0.1) is 21.5 Å². The van der Waals surface area contributed by atoms with E-state index in [0.29, 0.717) is 16.7 Å². The Balaban J connectivity index is 1.36. The summed E-state index contributed by atoms with van der Waals surface area (Å²) >= 11 is 2.78. The van der Waals surface area contributed by atoms with Gasteiger partial charge in [-0.3, -0.25) is 4.79 Å². The Bertz CT molecular complexity index is 1190. The van der Waals surface area contributed by atoms with Crippen molar-refractivity contribution in [2.45, 2.75) is 24.7 Å². The molecule has 0 bridgehead atoms. The third-order valence-electron chi connectivity index (χ3n) is 4.79. The highest BCUT2D eigenvalue weighted by Gasteiger charge is 2.19. The molecule has 33 heavy (non-hydrogen) atoms. The zero-order chi connectivity index (χ0) is 23.2. The summed E-state index contributed by atoms with van der Waals surface area (Å²) < 4.78 is 19.9. The number of thioether (sulfide) groups is 1. The first-order valence-corrected chi connectivity index (χ1v) is 12.0. The Hall–Kier alpha value is -3.37. The smallest absolute Gasteiger partial charge is 0.231 e. The lowest BCUT2D eigenvalue weighted by Gasteiger charge is -2.18. The number of ether oxygens (including phenoxy) is 1. The van der Waals surface area contributed by atoms with Gasteiger partial charge in [0.1, 0.15) is 18.2 Å². The normalized spacial score (nSPS) is 11.8. The van der Waals surface area contributed by atoms with Crippen molar-refractivity contribution < 1.29 is 13.9 Å². The predicted octanol–water partition coefficient (Wildman–Crippen LogP) is 4.08. The van der Waals surface area contributed by atoms with Crippen LogP contribution in [0.15, 0.2) is 71.2 Å². The van der Waals surface area contributed by atoms with Crippen molar-refractivity contribution >= 4 is 29.0 Å². The number of benzene rings is 2. The maximum absolute atomic E-state index is 13.0. The van der Waals surface area contributed by atoms with Gasteiger partial charge < -0.3 is 15.9 Å². The van der Waals surface area contributed by atoms with Crippen molar-refractivity contribution in [2.75, 3.05) is 11.6 Å². The highest BCUT2D eigenvalue weighted by atomic mass is 32.2. The fraction of sp³-hybridized carbons (Fsp3) is 0.174. The van der Waals surface area contributed by atoms with Crippen molar-refractivity contribution in [2.24, 2.45) is 0 Å². The van der Waals surface area contributed by atoms with Crippen molar-refractivity contribution in [3.63, 3.8) is 0 Å². The van der Waals surface area contributed by atoms with Gasteiger partial charge in [-0.25, -0.2) is 9.07 Å². The van der Waals surface area contributed by atoms with Crippen LogP contribution in [0, 0.1) is 12.7 Å². The third-order valence-corrected chi connectivity index (χ3v) is 6.67. The van der Waals surface area contributed by atoms with E-state index in [2.05, 4.69) is 15.5 Å². The van der Waals surface area contributed by atoms with Gasteiger partial charge in [0.15, 0.2) is 5.82 Å². The second-order valence-electron chi connectivity index (χ2n) is 7.23. The van der Waals surface area contributed by atoms with Gasteiger partial charge in [0, 0.05) is 4.88 Å². The number of hydrogen-bond acceptors (Lipinski definition) is 7. The summed E-state index contributed by atoms with van der Waals surface area (Å²) in [7, 11) is 0. The number of halogens is 1. The van der Waals surface area contributed by atoms with Crippen LogP contribution in [0.1, 0.15) is 27.9 Å². The zero-order valence-electron chi connectivity index (χ0n) is 17.8. The summed E-state index contributed by atoms with van der Waals surface area (Å²) in [4.78, 5) is 13.8. The molecule has 0 saturated carbocycles. The number of nitrogens with one attached hydrogen (secondary N) is 1. The molecule has 1 atom stereocenters. The molecule has 0 spiro atoms. The molecule has 2 aromatic carbocycles. The maximum Gasteiger partial charge on any atom is 0.231 e. The monoisotopic (exact) mass is 483 g/mol. The van der Waals surface area contributed by atoms with Crippen molar-refractivity contribution in [3.8, 4) is 5.75 Å². The van der Waals surface area contributed by atoms with Gasteiger partial charge in [0.05, 0.1) is 11.8 Å². The Morgan fingerprint density at radius 1 is 1.18 bits per heavy atom. The second-order valence-corrected chi connectivity index (χ2v) is 9.15. The summed E-state index contributed by atoms with van der Waals surface area (Å²) in [5.41, 5.74) is 2.18. The molecule has 0 radical (unpaired) electrons. The quantitative estimate of drug-likeness (QED) is 0.275. The number of carbonyl (C=O) groups is 1. The number of aromatic nitrogens is 3. The molecule has 2 aromatic heterocycles. The number of nitrogens with zero attached hydrogens (tertiary/aromatic N) is 3. The minimum absolute atomic E-state index is 0.0652. The summed E-state index contributed by atoms with van der Waals surface area (Å²) in [6.07, 6.45) is 0. The summed E-state index contributed by atoms with van der Waals surface area (Å²) in [5.74, 6) is 6.58. The molecule has 0 aliphatic heterocycles. The number of carbonyl (C=O) groups excluding carboxylic acids is 1. The zero-order valence-corrected chi connectivity index (χ0v) is 19.4. The SMILES string of the molecule is Cc1ccc([C@@H](NC(=O)CSc2nnc(COc3ccc(F)cc3)n2N)c2cccs2)cc1. The standard InChI is InChI=1S/C23H22FN5O2S2/c1-15-4-6-16(7-5-15)22(19-3-2-12-32-19)26-21(30)14-33-23-28-27-20(29(23)25)13-31-18-10-8-17(24)9-11-18/h2-12,22H,13-14,25H2,1H3,(H,26,30)/t22-/m1/s1. The summed E-state index contributed by atoms with van der Waals surface area (Å²) in [6.45, 7) is 2.09. The average Bonchev–Trinajstić information content (AvgIpc) is 3.47. The van der Waals surface area contributed by atoms with E-state index in [9.17, 15) is 9.18 Å². The van der Waals surface area contributed by atoms with Crippen LogP contribution in [0.25, 0.3) is 0 Å². The van der Waals surface area contributed by atoms with Crippen LogP contribution in [0.2, 0.25) is 0 Å². The Morgan fingerprint density at radius 2 is 1.94 bits per heavy atom. The van der Waals surface area contributed by atoms with Crippen LogP contribution in [0.3, 0.4) is 0 Å². The molecule has 3 N–H and O–H groups in total. The summed E-state index contributed by atoms with van der Waals surface area (Å²) in [5, 5.41) is 13.5.